The van der Waals surface area contributed by atoms with Gasteiger partial charge >= 0.3 is 0 Å². The lowest BCUT2D eigenvalue weighted by Crippen LogP contribution is -2.35. The van der Waals surface area contributed by atoms with Crippen molar-refractivity contribution in [2.75, 3.05) is 0 Å². The van der Waals surface area contributed by atoms with E-state index in [-0.39, 0.29) is 5.54 Å². The van der Waals surface area contributed by atoms with Gasteiger partial charge in [-0.2, -0.15) is 0 Å². The van der Waals surface area contributed by atoms with Gasteiger partial charge in [-0.3, -0.25) is 0 Å². The second-order valence-electron chi connectivity index (χ2n) is 7.86. The highest BCUT2D eigenvalue weighted by Gasteiger charge is 2.34. The van der Waals surface area contributed by atoms with Crippen LogP contribution in [0.25, 0.3) is 12.2 Å². The fourth-order valence-corrected chi connectivity index (χ4v) is 4.27. The minimum Gasteiger partial charge on any atom is -0.372 e. The Hall–Kier alpha value is -3.92. The third kappa shape index (κ3) is 3.03. The Morgan fingerprint density at radius 2 is 1.47 bits per heavy atom. The molecule has 2 N–H and O–H groups in total. The van der Waals surface area contributed by atoms with E-state index in [4.69, 9.17) is 9.98 Å². The summed E-state index contributed by atoms with van der Waals surface area (Å²) in [6, 6.07) is 14.7. The van der Waals surface area contributed by atoms with E-state index in [1.165, 1.54) is 5.56 Å². The molecular formula is C26H20N4. The van der Waals surface area contributed by atoms with E-state index < -0.39 is 0 Å². The standard InChI is InChI=1S/C26H20N4/c1-2-4-18(5-3-1)26-13-12-24(30-26)16-23-9-8-20(28-23)14-19-6-7-21(27-19)15-22-10-11-25(17-26)29-22/h1-12,14-17,28,30H,13H2. The molecule has 0 amide bonds. The summed E-state index contributed by atoms with van der Waals surface area (Å²) < 4.78 is 0. The number of fused-ring (bicyclic) bond motifs is 6. The molecule has 1 atom stereocenters. The third-order valence-corrected chi connectivity index (χ3v) is 5.70. The lowest BCUT2D eigenvalue weighted by atomic mass is 9.87. The van der Waals surface area contributed by atoms with Gasteiger partial charge in [-0.05, 0) is 72.7 Å². The summed E-state index contributed by atoms with van der Waals surface area (Å²) in [5, 5.41) is 5.85. The second kappa shape index (κ2) is 6.56. The SMILES string of the molecule is C1=CC2=NC1=CC1(c3ccccc3)CC=C(C=c3ccc([nH]3)=CC3=NC(=C2)C=C3)N1. The normalized spacial score (nSPS) is 23.5. The number of aliphatic imine (C=N–C) groups is 2. The van der Waals surface area contributed by atoms with Crippen molar-refractivity contribution in [1.82, 2.24) is 10.3 Å². The summed E-state index contributed by atoms with van der Waals surface area (Å²) in [6.07, 6.45) is 19.8. The van der Waals surface area contributed by atoms with Gasteiger partial charge in [0.25, 0.3) is 0 Å². The molecule has 0 aliphatic carbocycles. The van der Waals surface area contributed by atoms with Gasteiger partial charge in [-0.1, -0.05) is 36.4 Å². The zero-order chi connectivity index (χ0) is 20.0. The van der Waals surface area contributed by atoms with Gasteiger partial charge in [-0.15, -0.1) is 0 Å². The van der Waals surface area contributed by atoms with Crippen LogP contribution in [0.2, 0.25) is 0 Å². The highest BCUT2D eigenvalue weighted by molar-refractivity contribution is 6.19. The van der Waals surface area contributed by atoms with Gasteiger partial charge in [-0.25, -0.2) is 9.98 Å². The smallest absolute Gasteiger partial charge is 0.0868 e. The quantitative estimate of drug-likeness (QED) is 0.775. The van der Waals surface area contributed by atoms with Crippen LogP contribution in [0.4, 0.5) is 0 Å². The Morgan fingerprint density at radius 3 is 2.33 bits per heavy atom. The number of nitrogens with zero attached hydrogens (tertiary/aromatic N) is 2. The van der Waals surface area contributed by atoms with Crippen molar-refractivity contribution in [2.45, 2.75) is 12.0 Å². The Morgan fingerprint density at radius 1 is 0.733 bits per heavy atom. The molecule has 5 heterocycles. The van der Waals surface area contributed by atoms with Crippen molar-refractivity contribution in [3.05, 3.63) is 118 Å². The second-order valence-corrected chi connectivity index (χ2v) is 7.86. The van der Waals surface area contributed by atoms with E-state index in [1.54, 1.807) is 0 Å². The summed E-state index contributed by atoms with van der Waals surface area (Å²) in [7, 11) is 0. The highest BCUT2D eigenvalue weighted by Crippen LogP contribution is 2.35. The molecule has 0 saturated carbocycles. The van der Waals surface area contributed by atoms with Crippen LogP contribution < -0.4 is 16.0 Å². The summed E-state index contributed by atoms with van der Waals surface area (Å²) in [4.78, 5) is 13.0. The Labute approximate surface area is 174 Å². The maximum atomic E-state index is 4.83. The average molecular weight is 388 g/mol. The summed E-state index contributed by atoms with van der Waals surface area (Å²) in [5.41, 5.74) is 5.72. The van der Waals surface area contributed by atoms with Crippen molar-refractivity contribution < 1.29 is 0 Å². The van der Waals surface area contributed by atoms with Crippen molar-refractivity contribution in [2.24, 2.45) is 9.98 Å². The molecule has 2 aromatic rings. The number of aromatic amines is 1. The van der Waals surface area contributed by atoms with Crippen LogP contribution >= 0.6 is 0 Å². The van der Waals surface area contributed by atoms with Crippen LogP contribution in [0.3, 0.4) is 0 Å². The molecule has 1 aromatic carbocycles. The van der Waals surface area contributed by atoms with Gasteiger partial charge in [0.1, 0.15) is 0 Å². The van der Waals surface area contributed by atoms with Crippen LogP contribution in [-0.4, -0.2) is 16.4 Å². The fourth-order valence-electron chi connectivity index (χ4n) is 4.27. The average Bonchev–Trinajstić information content (AvgIpc) is 3.54. The number of allylic oxidation sites excluding steroid dienone is 6. The first-order chi connectivity index (χ1) is 14.7. The predicted octanol–water partition coefficient (Wildman–Crippen LogP) is 3.15. The molecule has 144 valence electrons. The Bertz CT molecular complexity index is 1370. The monoisotopic (exact) mass is 388 g/mol. The molecule has 4 nitrogen and oxygen atoms in total. The van der Waals surface area contributed by atoms with E-state index in [0.29, 0.717) is 0 Å². The van der Waals surface area contributed by atoms with E-state index in [2.05, 4.69) is 83.1 Å². The zero-order valence-electron chi connectivity index (χ0n) is 16.3. The van der Waals surface area contributed by atoms with Gasteiger partial charge < -0.3 is 10.3 Å². The van der Waals surface area contributed by atoms with Gasteiger partial charge in [0, 0.05) is 16.4 Å². The first kappa shape index (κ1) is 17.0. The molecule has 0 radical (unpaired) electrons. The summed E-state index contributed by atoms with van der Waals surface area (Å²) >= 11 is 0. The van der Waals surface area contributed by atoms with Crippen LogP contribution in [-0.2, 0) is 5.54 Å². The lowest BCUT2D eigenvalue weighted by Gasteiger charge is -2.28. The number of hydrogen-bond acceptors (Lipinski definition) is 3. The first-order valence-corrected chi connectivity index (χ1v) is 10.1. The number of hydrogen-bond donors (Lipinski definition) is 2. The minimum absolute atomic E-state index is 0.323. The molecule has 30 heavy (non-hydrogen) atoms. The molecule has 8 bridgehead atoms. The maximum absolute atomic E-state index is 4.83. The fraction of sp³-hybridized carbons (Fsp3) is 0.0769. The van der Waals surface area contributed by atoms with Crippen molar-refractivity contribution in [1.29, 1.82) is 0 Å². The molecule has 1 aromatic heterocycles. The van der Waals surface area contributed by atoms with Crippen molar-refractivity contribution in [3.8, 4) is 0 Å². The van der Waals surface area contributed by atoms with Gasteiger partial charge in [0.05, 0.1) is 28.4 Å². The Kier molecular flexibility index (Phi) is 3.71. The highest BCUT2D eigenvalue weighted by atomic mass is 15.0. The number of aromatic nitrogens is 1. The Balaban J connectivity index is 1.54. The number of benzene rings is 1. The van der Waals surface area contributed by atoms with Gasteiger partial charge in [0.15, 0.2) is 0 Å². The number of rotatable bonds is 1. The van der Waals surface area contributed by atoms with E-state index in [1.807, 2.05) is 24.3 Å². The van der Waals surface area contributed by atoms with E-state index in [9.17, 15) is 0 Å². The zero-order valence-corrected chi connectivity index (χ0v) is 16.3. The molecule has 4 heteroatoms. The molecule has 0 saturated heterocycles. The van der Waals surface area contributed by atoms with Crippen LogP contribution in [0, 0.1) is 0 Å². The van der Waals surface area contributed by atoms with E-state index >= 15 is 0 Å². The molecule has 1 unspecified atom stereocenters. The topological polar surface area (TPSA) is 52.5 Å². The number of nitrogens with one attached hydrogen (secondary N) is 2. The lowest BCUT2D eigenvalue weighted by molar-refractivity contribution is 0.506. The van der Waals surface area contributed by atoms with Crippen LogP contribution in [0.5, 0.6) is 0 Å². The van der Waals surface area contributed by atoms with E-state index in [0.717, 1.165) is 45.6 Å². The molecule has 6 rings (SSSR count). The summed E-state index contributed by atoms with van der Waals surface area (Å²) in [6.45, 7) is 0. The third-order valence-electron chi connectivity index (χ3n) is 5.70. The maximum Gasteiger partial charge on any atom is 0.0868 e. The number of H-pyrrole nitrogens is 1. The molecule has 4 aliphatic heterocycles. The van der Waals surface area contributed by atoms with Crippen LogP contribution in [0.1, 0.15) is 12.0 Å². The first-order valence-electron chi connectivity index (χ1n) is 10.1. The van der Waals surface area contributed by atoms with Gasteiger partial charge in [0.2, 0.25) is 0 Å². The predicted molar refractivity (Wildman–Crippen MR) is 122 cm³/mol. The van der Waals surface area contributed by atoms with Crippen molar-refractivity contribution >= 4 is 23.6 Å². The molecule has 4 aliphatic rings. The van der Waals surface area contributed by atoms with Crippen molar-refractivity contribution in [3.63, 3.8) is 0 Å². The molecule has 0 fully saturated rings. The minimum atomic E-state index is -0.323. The largest absolute Gasteiger partial charge is 0.372 e. The van der Waals surface area contributed by atoms with Crippen LogP contribution in [0.15, 0.2) is 112 Å². The molecule has 0 spiro atoms. The molecular weight excluding hydrogens is 368 g/mol. The summed E-state index contributed by atoms with van der Waals surface area (Å²) in [5.74, 6) is 0.